The van der Waals surface area contributed by atoms with Crippen LogP contribution >= 0.6 is 11.3 Å². The Morgan fingerprint density at radius 1 is 1.32 bits per heavy atom. The van der Waals surface area contributed by atoms with Crippen molar-refractivity contribution in [3.8, 4) is 11.5 Å². The summed E-state index contributed by atoms with van der Waals surface area (Å²) in [6.07, 6.45) is -2.00. The lowest BCUT2D eigenvalue weighted by Gasteiger charge is -2.03. The summed E-state index contributed by atoms with van der Waals surface area (Å²) in [6, 6.07) is 5.45. The number of nitrogens with zero attached hydrogens (tertiary/aromatic N) is 2. The molecule has 0 fully saturated rings. The summed E-state index contributed by atoms with van der Waals surface area (Å²) >= 11 is 0.667. The number of aromatic nitrogens is 2. The van der Waals surface area contributed by atoms with Crippen molar-refractivity contribution in [1.82, 2.24) is 10.2 Å². The number of benzene rings is 1. The molecule has 1 aliphatic rings. The second kappa shape index (κ2) is 6.22. The van der Waals surface area contributed by atoms with Gasteiger partial charge in [0.15, 0.2) is 16.5 Å². The number of ether oxygens (including phenoxy) is 2. The van der Waals surface area contributed by atoms with Gasteiger partial charge in [0.25, 0.3) is 6.43 Å². The molecule has 3 rings (SSSR count). The average molecular weight is 327 g/mol. The van der Waals surface area contributed by atoms with E-state index in [2.05, 4.69) is 15.5 Å². The molecular formula is C13H11F2N3O3S. The molecule has 0 saturated carbocycles. The number of fused-ring (bicyclic) bond motifs is 1. The van der Waals surface area contributed by atoms with Gasteiger partial charge >= 0.3 is 0 Å². The van der Waals surface area contributed by atoms with E-state index < -0.39 is 11.4 Å². The molecule has 1 amide bonds. The van der Waals surface area contributed by atoms with Crippen LogP contribution < -0.4 is 14.8 Å². The predicted molar refractivity (Wildman–Crippen MR) is 74.4 cm³/mol. The smallest absolute Gasteiger partial charge is 0.291 e. The molecular weight excluding hydrogens is 316 g/mol. The highest BCUT2D eigenvalue weighted by atomic mass is 32.1. The van der Waals surface area contributed by atoms with Crippen LogP contribution in [-0.2, 0) is 11.2 Å². The van der Waals surface area contributed by atoms with Gasteiger partial charge in [-0.2, -0.15) is 0 Å². The third kappa shape index (κ3) is 3.30. The van der Waals surface area contributed by atoms with Gasteiger partial charge in [0.2, 0.25) is 17.8 Å². The van der Waals surface area contributed by atoms with Gasteiger partial charge in [0.05, 0.1) is 0 Å². The highest BCUT2D eigenvalue weighted by Gasteiger charge is 2.16. The van der Waals surface area contributed by atoms with Gasteiger partial charge in [-0.1, -0.05) is 17.4 Å². The van der Waals surface area contributed by atoms with E-state index in [1.54, 1.807) is 6.07 Å². The van der Waals surface area contributed by atoms with Crippen LogP contribution in [0.4, 0.5) is 13.9 Å². The number of aryl methyl sites for hydroxylation is 1. The number of carbonyl (C=O) groups excluding carboxylic acids is 1. The zero-order chi connectivity index (χ0) is 15.5. The minimum Gasteiger partial charge on any atom is -0.454 e. The summed E-state index contributed by atoms with van der Waals surface area (Å²) in [4.78, 5) is 11.8. The van der Waals surface area contributed by atoms with E-state index in [1.807, 2.05) is 12.1 Å². The zero-order valence-corrected chi connectivity index (χ0v) is 12.0. The van der Waals surface area contributed by atoms with E-state index in [4.69, 9.17) is 9.47 Å². The fourth-order valence-electron chi connectivity index (χ4n) is 1.91. The number of nitrogens with one attached hydrogen (secondary N) is 1. The SMILES string of the molecule is O=C(CCc1ccc2c(c1)OCO2)Nc1nnc(C(F)F)s1. The van der Waals surface area contributed by atoms with Gasteiger partial charge in [-0.3, -0.25) is 4.79 Å². The van der Waals surface area contributed by atoms with Crippen LogP contribution in [0.15, 0.2) is 18.2 Å². The van der Waals surface area contributed by atoms with Crippen molar-refractivity contribution >= 4 is 22.4 Å². The molecule has 0 saturated heterocycles. The quantitative estimate of drug-likeness (QED) is 0.914. The molecule has 0 radical (unpaired) electrons. The number of hydrogen-bond acceptors (Lipinski definition) is 6. The Balaban J connectivity index is 1.53. The molecule has 1 N–H and O–H groups in total. The van der Waals surface area contributed by atoms with E-state index >= 15 is 0 Å². The second-order valence-corrected chi connectivity index (χ2v) is 5.49. The molecule has 1 aromatic heterocycles. The van der Waals surface area contributed by atoms with Crippen LogP contribution in [0, 0.1) is 0 Å². The first-order valence-corrected chi connectivity index (χ1v) is 7.23. The Morgan fingerprint density at radius 2 is 2.14 bits per heavy atom. The maximum absolute atomic E-state index is 12.4. The minimum atomic E-state index is -2.68. The summed E-state index contributed by atoms with van der Waals surface area (Å²) in [7, 11) is 0. The van der Waals surface area contributed by atoms with E-state index in [-0.39, 0.29) is 24.3 Å². The van der Waals surface area contributed by atoms with Crippen molar-refractivity contribution in [3.05, 3.63) is 28.8 Å². The highest BCUT2D eigenvalue weighted by Crippen LogP contribution is 2.32. The van der Waals surface area contributed by atoms with Gasteiger partial charge in [-0.25, -0.2) is 8.78 Å². The third-order valence-electron chi connectivity index (χ3n) is 2.95. The molecule has 6 nitrogen and oxygen atoms in total. The topological polar surface area (TPSA) is 73.3 Å². The maximum Gasteiger partial charge on any atom is 0.291 e. The Kier molecular flexibility index (Phi) is 4.14. The van der Waals surface area contributed by atoms with Crippen LogP contribution in [0.1, 0.15) is 23.4 Å². The number of carbonyl (C=O) groups is 1. The molecule has 1 aromatic carbocycles. The average Bonchev–Trinajstić information content (AvgIpc) is 3.13. The summed E-state index contributed by atoms with van der Waals surface area (Å²) in [5.74, 6) is 1.03. The van der Waals surface area contributed by atoms with Gasteiger partial charge in [0, 0.05) is 6.42 Å². The summed E-state index contributed by atoms with van der Waals surface area (Å²) in [6.45, 7) is 0.197. The Hall–Kier alpha value is -2.29. The van der Waals surface area contributed by atoms with E-state index in [0.29, 0.717) is 29.3 Å². The first-order chi connectivity index (χ1) is 10.6. The Labute approximate surface area is 128 Å². The molecule has 0 unspecified atom stereocenters. The van der Waals surface area contributed by atoms with Crippen molar-refractivity contribution in [3.63, 3.8) is 0 Å². The molecule has 2 heterocycles. The van der Waals surface area contributed by atoms with Gasteiger partial charge in [-0.15, -0.1) is 10.2 Å². The fourth-order valence-corrected chi connectivity index (χ4v) is 2.52. The Morgan fingerprint density at radius 3 is 2.91 bits per heavy atom. The highest BCUT2D eigenvalue weighted by molar-refractivity contribution is 7.15. The van der Waals surface area contributed by atoms with Crippen LogP contribution in [0.5, 0.6) is 11.5 Å². The number of hydrogen-bond donors (Lipinski definition) is 1. The van der Waals surface area contributed by atoms with E-state index in [0.717, 1.165) is 5.56 Å². The van der Waals surface area contributed by atoms with Crippen LogP contribution in [0.3, 0.4) is 0 Å². The van der Waals surface area contributed by atoms with Crippen molar-refractivity contribution in [1.29, 1.82) is 0 Å². The summed E-state index contributed by atoms with van der Waals surface area (Å²) in [5, 5.41) is 8.92. The van der Waals surface area contributed by atoms with Crippen LogP contribution in [0.2, 0.25) is 0 Å². The Bertz CT molecular complexity index is 693. The second-order valence-electron chi connectivity index (χ2n) is 4.48. The molecule has 0 aliphatic carbocycles. The van der Waals surface area contributed by atoms with Crippen molar-refractivity contribution < 1.29 is 23.0 Å². The number of amides is 1. The lowest BCUT2D eigenvalue weighted by atomic mass is 10.1. The minimum absolute atomic E-state index is 0.0750. The largest absolute Gasteiger partial charge is 0.454 e. The zero-order valence-electron chi connectivity index (χ0n) is 11.2. The molecule has 2 aromatic rings. The fraction of sp³-hybridized carbons (Fsp3) is 0.308. The van der Waals surface area contributed by atoms with Crippen molar-refractivity contribution in [2.24, 2.45) is 0 Å². The molecule has 116 valence electrons. The summed E-state index contributed by atoms with van der Waals surface area (Å²) < 4.78 is 35.2. The van der Waals surface area contributed by atoms with Crippen LogP contribution in [0.25, 0.3) is 0 Å². The molecule has 9 heteroatoms. The number of halogens is 2. The maximum atomic E-state index is 12.4. The lowest BCUT2D eigenvalue weighted by molar-refractivity contribution is -0.116. The molecule has 22 heavy (non-hydrogen) atoms. The standard InChI is InChI=1S/C13H11F2N3O3S/c14-11(15)12-17-18-13(22-12)16-10(19)4-2-7-1-3-8-9(5-7)21-6-20-8/h1,3,5,11H,2,4,6H2,(H,16,18,19). The first-order valence-electron chi connectivity index (χ1n) is 6.42. The van der Waals surface area contributed by atoms with Gasteiger partial charge < -0.3 is 14.8 Å². The number of rotatable bonds is 5. The van der Waals surface area contributed by atoms with Gasteiger partial charge in [0.1, 0.15) is 0 Å². The normalized spacial score (nSPS) is 12.7. The number of alkyl halides is 2. The van der Waals surface area contributed by atoms with E-state index in [9.17, 15) is 13.6 Å². The van der Waals surface area contributed by atoms with Crippen molar-refractivity contribution in [2.75, 3.05) is 12.1 Å². The molecule has 0 bridgehead atoms. The molecule has 1 aliphatic heterocycles. The molecule has 0 atom stereocenters. The number of anilines is 1. The lowest BCUT2D eigenvalue weighted by Crippen LogP contribution is -2.12. The predicted octanol–water partition coefficient (Wildman–Crippen LogP) is 2.78. The molecule has 0 spiro atoms. The van der Waals surface area contributed by atoms with Gasteiger partial charge in [-0.05, 0) is 24.1 Å². The summed E-state index contributed by atoms with van der Waals surface area (Å²) in [5.41, 5.74) is 0.921. The van der Waals surface area contributed by atoms with E-state index in [1.165, 1.54) is 0 Å². The van der Waals surface area contributed by atoms with Crippen molar-refractivity contribution in [2.45, 2.75) is 19.3 Å². The monoisotopic (exact) mass is 327 g/mol. The first kappa shape index (κ1) is 14.6. The third-order valence-corrected chi connectivity index (χ3v) is 3.80. The van der Waals surface area contributed by atoms with Crippen LogP contribution in [-0.4, -0.2) is 22.9 Å².